The Morgan fingerprint density at radius 1 is 0.971 bits per heavy atom. The van der Waals surface area contributed by atoms with E-state index in [1.807, 2.05) is 44.2 Å². The van der Waals surface area contributed by atoms with Gasteiger partial charge in [-0.25, -0.2) is 4.79 Å². The summed E-state index contributed by atoms with van der Waals surface area (Å²) in [5, 5.41) is 0.444. The van der Waals surface area contributed by atoms with Crippen LogP contribution in [0, 0.1) is 13.8 Å². The van der Waals surface area contributed by atoms with E-state index in [0.717, 1.165) is 17.5 Å². The average Bonchev–Trinajstić information content (AvgIpc) is 2.85. The molecule has 0 atom stereocenters. The third kappa shape index (κ3) is 4.28. The van der Waals surface area contributed by atoms with Gasteiger partial charge in [-0.2, -0.15) is 0 Å². The van der Waals surface area contributed by atoms with E-state index in [0.29, 0.717) is 70.3 Å². The first kappa shape index (κ1) is 22.7. The minimum atomic E-state index is -0.438. The van der Waals surface area contributed by atoms with E-state index in [1.54, 1.807) is 31.2 Å². The fourth-order valence-electron chi connectivity index (χ4n) is 4.43. The molecular weight excluding hydrogens is 444 g/mol. The van der Waals surface area contributed by atoms with Crippen molar-refractivity contribution in [3.05, 3.63) is 87.3 Å². The normalized spacial score (nSPS) is 12.5. The van der Waals surface area contributed by atoms with Gasteiger partial charge in [0.25, 0.3) is 0 Å². The summed E-state index contributed by atoms with van der Waals surface area (Å²) in [7, 11) is 0. The zero-order chi connectivity index (χ0) is 24.5. The molecule has 0 amide bonds. The lowest BCUT2D eigenvalue weighted by atomic mass is 9.99. The third-order valence-corrected chi connectivity index (χ3v) is 6.17. The van der Waals surface area contributed by atoms with Crippen molar-refractivity contribution in [1.82, 2.24) is 0 Å². The highest BCUT2D eigenvalue weighted by atomic mass is 16.6. The molecule has 0 bridgehead atoms. The van der Waals surface area contributed by atoms with Crippen LogP contribution in [0.1, 0.15) is 40.6 Å². The summed E-state index contributed by atoms with van der Waals surface area (Å²) in [6.07, 6.45) is 1.48. The lowest BCUT2D eigenvalue weighted by molar-refractivity contribution is 0.0732. The standard InChI is InChI=1S/C29H26O6/c1-4-7-19-14-22-25(16-24(19)35-29(31)21-9-6-5-8-17(21)2)34-18(3)27(28(22)30)20-10-11-23-26(15-20)33-13-12-32-23/h5-6,8-11,14-16H,4,7,12-13H2,1-3H3. The fraction of sp³-hybridized carbons (Fsp3) is 0.241. The van der Waals surface area contributed by atoms with Gasteiger partial charge in [0, 0.05) is 6.07 Å². The second-order valence-electron chi connectivity index (χ2n) is 8.63. The number of benzene rings is 3. The first-order valence-corrected chi connectivity index (χ1v) is 11.7. The maximum Gasteiger partial charge on any atom is 0.343 e. The first-order chi connectivity index (χ1) is 17.0. The van der Waals surface area contributed by atoms with Crippen molar-refractivity contribution < 1.29 is 23.4 Å². The van der Waals surface area contributed by atoms with Crippen molar-refractivity contribution in [3.63, 3.8) is 0 Å². The van der Waals surface area contributed by atoms with E-state index in [1.165, 1.54) is 0 Å². The van der Waals surface area contributed by atoms with Gasteiger partial charge in [0.1, 0.15) is 30.3 Å². The smallest absolute Gasteiger partial charge is 0.343 e. The lowest BCUT2D eigenvalue weighted by Crippen LogP contribution is -2.15. The SMILES string of the molecule is CCCc1cc2c(=O)c(-c3ccc4c(c3)OCCO4)c(C)oc2cc1OC(=O)c1ccccc1C. The van der Waals surface area contributed by atoms with Crippen LogP contribution in [0.4, 0.5) is 0 Å². The molecule has 0 N–H and O–H groups in total. The van der Waals surface area contributed by atoms with Gasteiger partial charge in [-0.15, -0.1) is 0 Å². The average molecular weight is 471 g/mol. The van der Waals surface area contributed by atoms with Crippen molar-refractivity contribution in [3.8, 4) is 28.4 Å². The predicted molar refractivity (Wildman–Crippen MR) is 134 cm³/mol. The molecule has 2 heterocycles. The molecule has 0 aliphatic carbocycles. The Balaban J connectivity index is 1.60. The molecule has 5 rings (SSSR count). The van der Waals surface area contributed by atoms with E-state index in [9.17, 15) is 9.59 Å². The van der Waals surface area contributed by atoms with Gasteiger partial charge >= 0.3 is 5.97 Å². The zero-order valence-corrected chi connectivity index (χ0v) is 20.0. The molecule has 178 valence electrons. The van der Waals surface area contributed by atoms with Crippen LogP contribution in [0.5, 0.6) is 17.2 Å². The van der Waals surface area contributed by atoms with Crippen molar-refractivity contribution in [2.75, 3.05) is 13.2 Å². The Kier molecular flexibility index (Phi) is 6.03. The molecule has 4 aromatic rings. The van der Waals surface area contributed by atoms with Gasteiger partial charge in [0.2, 0.25) is 5.43 Å². The number of aryl methyl sites for hydroxylation is 3. The number of carbonyl (C=O) groups is 1. The molecule has 1 aliphatic heterocycles. The summed E-state index contributed by atoms with van der Waals surface area (Å²) >= 11 is 0. The van der Waals surface area contributed by atoms with Gasteiger partial charge < -0.3 is 18.6 Å². The summed E-state index contributed by atoms with van der Waals surface area (Å²) in [6.45, 7) is 6.62. The molecular formula is C29H26O6. The minimum absolute atomic E-state index is 0.144. The Labute approximate surface area is 203 Å². The van der Waals surface area contributed by atoms with E-state index in [2.05, 4.69) is 0 Å². The molecule has 3 aromatic carbocycles. The van der Waals surface area contributed by atoms with Gasteiger partial charge in [0.15, 0.2) is 11.5 Å². The van der Waals surface area contributed by atoms with E-state index < -0.39 is 5.97 Å². The molecule has 6 heteroatoms. The minimum Gasteiger partial charge on any atom is -0.486 e. The number of esters is 1. The first-order valence-electron chi connectivity index (χ1n) is 11.7. The molecule has 0 saturated heterocycles. The summed E-state index contributed by atoms with van der Waals surface area (Å²) in [6, 6.07) is 16.2. The van der Waals surface area contributed by atoms with Gasteiger partial charge in [-0.05, 0) is 61.2 Å². The highest BCUT2D eigenvalue weighted by Crippen LogP contribution is 2.36. The van der Waals surface area contributed by atoms with Crippen molar-refractivity contribution in [1.29, 1.82) is 0 Å². The van der Waals surface area contributed by atoms with Crippen LogP contribution >= 0.6 is 0 Å². The third-order valence-electron chi connectivity index (χ3n) is 6.17. The second-order valence-corrected chi connectivity index (χ2v) is 8.63. The van der Waals surface area contributed by atoms with Gasteiger partial charge in [0.05, 0.1) is 16.5 Å². The number of hydrogen-bond donors (Lipinski definition) is 0. The van der Waals surface area contributed by atoms with Crippen molar-refractivity contribution >= 4 is 16.9 Å². The molecule has 0 saturated carbocycles. The molecule has 0 spiro atoms. The summed E-state index contributed by atoms with van der Waals surface area (Å²) < 4.78 is 23.2. The quantitative estimate of drug-likeness (QED) is 0.262. The largest absolute Gasteiger partial charge is 0.486 e. The topological polar surface area (TPSA) is 75.0 Å². The number of fused-ring (bicyclic) bond motifs is 2. The Morgan fingerprint density at radius 2 is 1.74 bits per heavy atom. The Morgan fingerprint density at radius 3 is 2.51 bits per heavy atom. The Hall–Kier alpha value is -4.06. The van der Waals surface area contributed by atoms with Crippen molar-refractivity contribution in [2.45, 2.75) is 33.6 Å². The number of hydrogen-bond acceptors (Lipinski definition) is 6. The summed E-state index contributed by atoms with van der Waals surface area (Å²) in [5.41, 5.74) is 3.53. The zero-order valence-electron chi connectivity index (χ0n) is 20.0. The predicted octanol–water partition coefficient (Wildman–Crippen LogP) is 6.02. The Bertz CT molecular complexity index is 1500. The van der Waals surface area contributed by atoms with Crippen LogP contribution in [-0.4, -0.2) is 19.2 Å². The van der Waals surface area contributed by atoms with Crippen LogP contribution in [0.2, 0.25) is 0 Å². The van der Waals surface area contributed by atoms with Crippen LogP contribution in [0.25, 0.3) is 22.1 Å². The maximum atomic E-state index is 13.6. The molecule has 0 radical (unpaired) electrons. The number of ether oxygens (including phenoxy) is 3. The van der Waals surface area contributed by atoms with Crippen LogP contribution in [0.3, 0.4) is 0 Å². The monoisotopic (exact) mass is 470 g/mol. The van der Waals surface area contributed by atoms with Crippen molar-refractivity contribution in [2.24, 2.45) is 0 Å². The molecule has 1 aliphatic rings. The molecule has 6 nitrogen and oxygen atoms in total. The van der Waals surface area contributed by atoms with Gasteiger partial charge in [-0.3, -0.25) is 4.79 Å². The van der Waals surface area contributed by atoms with Crippen LogP contribution in [-0.2, 0) is 6.42 Å². The van der Waals surface area contributed by atoms with E-state index in [-0.39, 0.29) is 5.43 Å². The molecule has 1 aromatic heterocycles. The highest BCUT2D eigenvalue weighted by Gasteiger charge is 2.21. The fourth-order valence-corrected chi connectivity index (χ4v) is 4.43. The highest BCUT2D eigenvalue weighted by molar-refractivity contribution is 5.93. The molecule has 35 heavy (non-hydrogen) atoms. The number of rotatable bonds is 5. The summed E-state index contributed by atoms with van der Waals surface area (Å²) in [4.78, 5) is 26.5. The number of carbonyl (C=O) groups excluding carboxylic acids is 1. The van der Waals surface area contributed by atoms with E-state index in [4.69, 9.17) is 18.6 Å². The maximum absolute atomic E-state index is 13.6. The molecule has 0 fully saturated rings. The summed E-state index contributed by atoms with van der Waals surface area (Å²) in [5.74, 6) is 1.71. The van der Waals surface area contributed by atoms with Crippen LogP contribution in [0.15, 0.2) is 63.8 Å². The second kappa shape index (κ2) is 9.29. The van der Waals surface area contributed by atoms with E-state index >= 15 is 0 Å². The molecule has 0 unspecified atom stereocenters. The van der Waals surface area contributed by atoms with Gasteiger partial charge in [-0.1, -0.05) is 37.6 Å². The van der Waals surface area contributed by atoms with Crippen LogP contribution < -0.4 is 19.6 Å². The lowest BCUT2D eigenvalue weighted by Gasteiger charge is -2.19.